The molecule has 1 N–H and O–H groups in total. The third-order valence-corrected chi connectivity index (χ3v) is 3.38. The second kappa shape index (κ2) is 6.53. The minimum absolute atomic E-state index is 0.0660. The Labute approximate surface area is 121 Å². The highest BCUT2D eigenvalue weighted by Crippen LogP contribution is 2.30. The van der Waals surface area contributed by atoms with Gasteiger partial charge in [-0.15, -0.1) is 0 Å². The number of carboxylic acid groups (broad SMARTS) is 1. The van der Waals surface area contributed by atoms with Crippen molar-refractivity contribution in [2.45, 2.75) is 45.0 Å². The minimum atomic E-state index is -1.17. The molecule has 1 atom stereocenters. The Hall–Kier alpha value is -2.15. The molecule has 2 rings (SSSR count). The summed E-state index contributed by atoms with van der Waals surface area (Å²) in [6.07, 6.45) is 3.53. The molecule has 7 nitrogen and oxygen atoms in total. The number of nitro benzene ring substituents is 1. The Kier molecular flexibility index (Phi) is 4.74. The lowest BCUT2D eigenvalue weighted by Gasteiger charge is -2.19. The average molecular weight is 295 g/mol. The Morgan fingerprint density at radius 3 is 2.67 bits per heavy atom. The summed E-state index contributed by atoms with van der Waals surface area (Å²) >= 11 is 0. The number of carboxylic acids is 1. The lowest BCUT2D eigenvalue weighted by Crippen LogP contribution is -2.23. The van der Waals surface area contributed by atoms with E-state index in [9.17, 15) is 14.9 Å². The first-order chi connectivity index (χ1) is 9.97. The first-order valence-corrected chi connectivity index (χ1v) is 6.81. The van der Waals surface area contributed by atoms with E-state index < -0.39 is 17.2 Å². The van der Waals surface area contributed by atoms with Crippen molar-refractivity contribution in [1.29, 1.82) is 0 Å². The van der Waals surface area contributed by atoms with Crippen LogP contribution in [-0.4, -0.2) is 28.4 Å². The van der Waals surface area contributed by atoms with Crippen LogP contribution in [0.15, 0.2) is 18.2 Å². The number of ether oxygens (including phenoxy) is 2. The maximum Gasteiger partial charge on any atom is 0.335 e. The second-order valence-electron chi connectivity index (χ2n) is 4.97. The fourth-order valence-electron chi connectivity index (χ4n) is 2.39. The standard InChI is InChI=1S/C14H17NO6/c1-9(20-11-4-2-3-5-11)21-13-8-10(14(16)17)6-7-12(13)15(18)19/h6-9,11H,2-5H2,1H3,(H,16,17). The Balaban J connectivity index is 2.13. The van der Waals surface area contributed by atoms with Gasteiger partial charge >= 0.3 is 11.7 Å². The van der Waals surface area contributed by atoms with Gasteiger partial charge < -0.3 is 14.6 Å². The molecule has 0 amide bonds. The van der Waals surface area contributed by atoms with Gasteiger partial charge in [-0.1, -0.05) is 12.8 Å². The van der Waals surface area contributed by atoms with Gasteiger partial charge in [0.1, 0.15) is 0 Å². The van der Waals surface area contributed by atoms with Crippen LogP contribution >= 0.6 is 0 Å². The van der Waals surface area contributed by atoms with Crippen LogP contribution in [-0.2, 0) is 4.74 Å². The van der Waals surface area contributed by atoms with Crippen LogP contribution in [0.1, 0.15) is 43.0 Å². The molecule has 1 fully saturated rings. The molecule has 0 spiro atoms. The van der Waals surface area contributed by atoms with Crippen LogP contribution in [0.25, 0.3) is 0 Å². The number of rotatable bonds is 6. The van der Waals surface area contributed by atoms with E-state index in [2.05, 4.69) is 0 Å². The van der Waals surface area contributed by atoms with Crippen molar-refractivity contribution < 1.29 is 24.3 Å². The monoisotopic (exact) mass is 295 g/mol. The number of aromatic carboxylic acids is 1. The Morgan fingerprint density at radius 1 is 1.43 bits per heavy atom. The highest BCUT2D eigenvalue weighted by atomic mass is 16.7. The zero-order chi connectivity index (χ0) is 15.4. The molecule has 0 bridgehead atoms. The van der Waals surface area contributed by atoms with Crippen molar-refractivity contribution in [1.82, 2.24) is 0 Å². The van der Waals surface area contributed by atoms with Crippen molar-refractivity contribution in [2.75, 3.05) is 0 Å². The molecule has 1 aromatic rings. The molecule has 0 saturated heterocycles. The smallest absolute Gasteiger partial charge is 0.335 e. The fraction of sp³-hybridized carbons (Fsp3) is 0.500. The second-order valence-corrected chi connectivity index (χ2v) is 4.97. The van der Waals surface area contributed by atoms with Gasteiger partial charge in [0.2, 0.25) is 5.75 Å². The van der Waals surface area contributed by atoms with Crippen molar-refractivity contribution in [2.24, 2.45) is 0 Å². The van der Waals surface area contributed by atoms with Crippen LogP contribution in [0.4, 0.5) is 5.69 Å². The lowest BCUT2D eigenvalue weighted by atomic mass is 10.2. The van der Waals surface area contributed by atoms with E-state index in [0.717, 1.165) is 37.8 Å². The highest BCUT2D eigenvalue weighted by molar-refractivity contribution is 5.88. The molecule has 114 valence electrons. The Bertz CT molecular complexity index is 538. The van der Waals surface area contributed by atoms with Crippen LogP contribution in [0.2, 0.25) is 0 Å². The van der Waals surface area contributed by atoms with E-state index in [0.29, 0.717) is 0 Å². The minimum Gasteiger partial charge on any atom is -0.478 e. The third-order valence-electron chi connectivity index (χ3n) is 3.38. The molecule has 1 saturated carbocycles. The molecule has 0 heterocycles. The summed E-state index contributed by atoms with van der Waals surface area (Å²) in [4.78, 5) is 21.3. The van der Waals surface area contributed by atoms with Crippen LogP contribution in [0, 0.1) is 10.1 Å². The molecular weight excluding hydrogens is 278 g/mol. The van der Waals surface area contributed by atoms with Gasteiger partial charge in [-0.25, -0.2) is 4.79 Å². The number of carbonyl (C=O) groups is 1. The maximum atomic E-state index is 11.0. The van der Waals surface area contributed by atoms with Crippen molar-refractivity contribution in [3.05, 3.63) is 33.9 Å². The summed E-state index contributed by atoms with van der Waals surface area (Å²) < 4.78 is 11.1. The van der Waals surface area contributed by atoms with Crippen LogP contribution in [0.3, 0.4) is 0 Å². The van der Waals surface area contributed by atoms with Gasteiger partial charge in [0.05, 0.1) is 16.6 Å². The number of hydrogen-bond donors (Lipinski definition) is 1. The van der Waals surface area contributed by atoms with Gasteiger partial charge in [0, 0.05) is 12.1 Å². The molecule has 0 aromatic heterocycles. The van der Waals surface area contributed by atoms with Gasteiger partial charge in [-0.05, 0) is 25.8 Å². The van der Waals surface area contributed by atoms with Crippen molar-refractivity contribution >= 4 is 11.7 Å². The summed E-state index contributed by atoms with van der Waals surface area (Å²) in [7, 11) is 0. The lowest BCUT2D eigenvalue weighted by molar-refractivity contribution is -0.386. The summed E-state index contributed by atoms with van der Waals surface area (Å²) in [5.74, 6) is -1.26. The van der Waals surface area contributed by atoms with E-state index >= 15 is 0 Å². The fourth-order valence-corrected chi connectivity index (χ4v) is 2.39. The van der Waals surface area contributed by atoms with E-state index in [1.54, 1.807) is 6.92 Å². The van der Waals surface area contributed by atoms with E-state index in [1.165, 1.54) is 6.07 Å². The number of nitrogens with zero attached hydrogens (tertiary/aromatic N) is 1. The SMILES string of the molecule is CC(Oc1cc(C(=O)O)ccc1[N+](=O)[O-])OC1CCCC1. The first-order valence-electron chi connectivity index (χ1n) is 6.81. The van der Waals surface area contributed by atoms with Gasteiger partial charge in [0.15, 0.2) is 6.29 Å². The predicted molar refractivity (Wildman–Crippen MR) is 73.5 cm³/mol. The quantitative estimate of drug-likeness (QED) is 0.492. The first kappa shape index (κ1) is 15.2. The molecule has 1 unspecified atom stereocenters. The normalized spacial score (nSPS) is 16.6. The number of nitro groups is 1. The topological polar surface area (TPSA) is 98.9 Å². The molecule has 1 aliphatic rings. The average Bonchev–Trinajstić information content (AvgIpc) is 2.90. The Morgan fingerprint density at radius 2 is 2.10 bits per heavy atom. The summed E-state index contributed by atoms with van der Waals surface area (Å²) in [5.41, 5.74) is -0.342. The molecule has 1 aromatic carbocycles. The zero-order valence-corrected chi connectivity index (χ0v) is 11.7. The van der Waals surface area contributed by atoms with Crippen LogP contribution in [0.5, 0.6) is 5.75 Å². The summed E-state index contributed by atoms with van der Waals surface area (Å²) in [5, 5.41) is 19.9. The van der Waals surface area contributed by atoms with E-state index in [1.807, 2.05) is 0 Å². The summed E-state index contributed by atoms with van der Waals surface area (Å²) in [6, 6.07) is 3.45. The van der Waals surface area contributed by atoms with Gasteiger partial charge in [0.25, 0.3) is 0 Å². The van der Waals surface area contributed by atoms with Gasteiger partial charge in [-0.2, -0.15) is 0 Å². The molecular formula is C14H17NO6. The van der Waals surface area contributed by atoms with Crippen molar-refractivity contribution in [3.63, 3.8) is 0 Å². The molecule has 0 radical (unpaired) electrons. The third kappa shape index (κ3) is 3.91. The van der Waals surface area contributed by atoms with E-state index in [-0.39, 0.29) is 23.1 Å². The van der Waals surface area contributed by atoms with Crippen LogP contribution < -0.4 is 4.74 Å². The highest BCUT2D eigenvalue weighted by Gasteiger charge is 2.23. The van der Waals surface area contributed by atoms with Gasteiger partial charge in [-0.3, -0.25) is 10.1 Å². The van der Waals surface area contributed by atoms with Crippen molar-refractivity contribution in [3.8, 4) is 5.75 Å². The molecule has 21 heavy (non-hydrogen) atoms. The number of benzene rings is 1. The maximum absolute atomic E-state index is 11.0. The molecule has 1 aliphatic carbocycles. The largest absolute Gasteiger partial charge is 0.478 e. The predicted octanol–water partition coefficient (Wildman–Crippen LogP) is 2.98. The van der Waals surface area contributed by atoms with E-state index in [4.69, 9.17) is 14.6 Å². The number of hydrogen-bond acceptors (Lipinski definition) is 5. The molecule has 0 aliphatic heterocycles. The summed E-state index contributed by atoms with van der Waals surface area (Å²) in [6.45, 7) is 1.65. The molecule has 7 heteroatoms. The zero-order valence-electron chi connectivity index (χ0n) is 11.7.